The molecule has 0 unspecified atom stereocenters. The third kappa shape index (κ3) is 55.5. The molecule has 0 aliphatic carbocycles. The van der Waals surface area contributed by atoms with Crippen molar-refractivity contribution in [2.45, 2.75) is 145 Å². The van der Waals surface area contributed by atoms with Crippen molar-refractivity contribution in [2.24, 2.45) is 0 Å². The Balaban J connectivity index is -0.000000715. The molecule has 13 aromatic rings. The topological polar surface area (TPSA) is 608 Å². The number of halogens is 3. The number of benzene rings is 8. The lowest BCUT2D eigenvalue weighted by Crippen LogP contribution is -1.95. The monoisotopic (exact) mass is 1980 g/mol. The van der Waals surface area contributed by atoms with E-state index in [1.54, 1.807) is 99.3 Å². The molecule has 140 heavy (non-hydrogen) atoms. The van der Waals surface area contributed by atoms with Crippen molar-refractivity contribution in [3.05, 3.63) is 296 Å². The van der Waals surface area contributed by atoms with Crippen molar-refractivity contribution in [3.8, 4) is 48.7 Å². The predicted octanol–water partition coefficient (Wildman–Crippen LogP) is 25.5. The fraction of sp³-hybridized carbons (Fsp3) is 0.229. The molecule has 0 saturated heterocycles. The smallest absolute Gasteiger partial charge is 0.212 e. The van der Waals surface area contributed by atoms with E-state index < -0.39 is 0 Å². The molecule has 0 bridgehead atoms. The Kier molecular flexibility index (Phi) is 70.7. The number of hydrogen-bond acceptors (Lipinski definition) is 32. The number of ether oxygens (including phenoxy) is 3. The molecular formula is C105H141ClF2N26O3S3. The van der Waals surface area contributed by atoms with E-state index in [0.29, 0.717) is 33.9 Å². The SMILES string of the molecule is COc1ccc(-c2sc(C)nc2C)cn1.COc1ccc(N)c(C)c1.COc1ccc(N)c(C)c1F.Cc1cc(C)c(N)cc1C.Cc1cc(Cl)ccc1N.Cc1ccc(N)c(C)c1.Cc1ccc(N)c(C)c1F.Cc1ccc(N)c(C)n1.Cc1cccc(-c2sc(C)nc2C)c1.Cc1nc(C)c(-c2ccc(C)c(C)c2)s1.N=CC=N.N=CC=N.N=CC=N.N=CC=N.N=CC=N.N=CC=N.N=CC=N. The number of thiazole rings is 3. The van der Waals surface area contributed by atoms with Crippen LogP contribution in [0.3, 0.4) is 0 Å². The second kappa shape index (κ2) is 75.7. The summed E-state index contributed by atoms with van der Waals surface area (Å²) in [7, 11) is 4.68. The fourth-order valence-corrected chi connectivity index (χ4v) is 13.3. The van der Waals surface area contributed by atoms with E-state index in [9.17, 15) is 8.78 Å². The van der Waals surface area contributed by atoms with Gasteiger partial charge in [0.2, 0.25) is 5.88 Å². The number of pyridine rings is 2. The summed E-state index contributed by atoms with van der Waals surface area (Å²) < 4.78 is 40.7. The summed E-state index contributed by atoms with van der Waals surface area (Å²) in [5, 5.41) is 89.3. The zero-order valence-corrected chi connectivity index (χ0v) is 87.7. The van der Waals surface area contributed by atoms with Gasteiger partial charge in [-0.3, -0.25) is 4.98 Å². The molecule has 5 aromatic heterocycles. The molecule has 29 nitrogen and oxygen atoms in total. The first-order valence-corrected chi connectivity index (χ1v) is 45.2. The Morgan fingerprint density at radius 3 is 0.993 bits per heavy atom. The number of nitrogens with two attached hydrogens (primary N) is 7. The second-order valence-electron chi connectivity index (χ2n) is 29.2. The number of methoxy groups -OCH3 is 3. The van der Waals surface area contributed by atoms with Crippen LogP contribution in [0.15, 0.2) is 164 Å². The molecular weight excluding hydrogens is 1840 g/mol. The molecule has 35 heteroatoms. The lowest BCUT2D eigenvalue weighted by molar-refractivity contribution is 0.385. The van der Waals surface area contributed by atoms with Gasteiger partial charge in [-0.25, -0.2) is 28.7 Å². The molecule has 13 rings (SSSR count). The number of nitrogen functional groups attached to an aromatic ring is 7. The van der Waals surface area contributed by atoms with Crippen LogP contribution in [0.5, 0.6) is 17.4 Å². The van der Waals surface area contributed by atoms with Gasteiger partial charge in [-0.05, 0) is 292 Å². The summed E-state index contributed by atoms with van der Waals surface area (Å²) >= 11 is 10.9. The molecule has 0 aliphatic heterocycles. The first-order valence-electron chi connectivity index (χ1n) is 42.4. The molecule has 0 amide bonds. The molecule has 28 N–H and O–H groups in total. The number of anilines is 7. The Labute approximate surface area is 842 Å². The van der Waals surface area contributed by atoms with Gasteiger partial charge in [0.15, 0.2) is 11.6 Å². The van der Waals surface area contributed by atoms with Crippen molar-refractivity contribution in [1.29, 1.82) is 75.7 Å². The highest BCUT2D eigenvalue weighted by Gasteiger charge is 2.12. The van der Waals surface area contributed by atoms with E-state index in [2.05, 4.69) is 149 Å². The van der Waals surface area contributed by atoms with Crippen LogP contribution < -0.4 is 54.3 Å². The molecule has 0 fully saturated rings. The first-order chi connectivity index (χ1) is 66.1. The summed E-state index contributed by atoms with van der Waals surface area (Å²) in [5.41, 5.74) is 66.7. The fourth-order valence-electron chi connectivity index (χ4n) is 10.3. The van der Waals surface area contributed by atoms with Gasteiger partial charge < -0.3 is 130 Å². The first kappa shape index (κ1) is 131. The summed E-state index contributed by atoms with van der Waals surface area (Å²) in [6.07, 6.45) is 14.7. The number of hydrogen-bond donors (Lipinski definition) is 21. The Bertz CT molecular complexity index is 5680. The van der Waals surface area contributed by atoms with Crippen molar-refractivity contribution in [3.63, 3.8) is 0 Å². The van der Waals surface area contributed by atoms with Gasteiger partial charge in [-0.2, -0.15) is 0 Å². The minimum atomic E-state index is -0.382. The highest BCUT2D eigenvalue weighted by Crippen LogP contribution is 2.34. The van der Waals surface area contributed by atoms with Gasteiger partial charge in [0.05, 0.1) is 79.4 Å². The van der Waals surface area contributed by atoms with E-state index in [0.717, 1.165) is 192 Å². The number of nitrogens with zero attached hydrogens (tertiary/aromatic N) is 5. The third-order valence-corrected chi connectivity index (χ3v) is 21.7. The van der Waals surface area contributed by atoms with Crippen molar-refractivity contribution < 1.29 is 23.0 Å². The highest BCUT2D eigenvalue weighted by atomic mass is 35.5. The standard InChI is InChI=1S/C13H15NS.C12H13NS.C11H12N2OS.C9H13N.C8H10FNO.C8H10FN.C8H11NO.C8H11N.C7H8ClN.C7H10N2.7C2H4N2/c1-8-5-6-12(7-9(8)2)13-10(3)14-11(4)15-13;1-8-5-4-6-11(7-8)12-9(2)13-10(3)14-12;1-7-11(15-8(2)13-7)9-4-5-10(14-3)12-6-9;1-6-4-8(3)9(10)5-7(6)2;1-5-6(10)3-4-7(11-2)8(5)9;1-5-3-4-7(10)6(2)8(5)9;1-6-5-7(10-2)3-4-8(6)9;1-6-3-4-8(9)7(2)5-6;1-5-4-6(8)2-3-7(5)9;1-5-3-4-7(8)6(2)9-5;7*3-1-2-4/h5-7H,1-4H3;4-7H,1-3H3;4-6H,1-3H3;4-5H,10H2,1-3H3;3-4H,10H2,1-2H3;3-4H,10H2,1-2H3;3-5H,9H2,1-2H3;3-5H,9H2,1-2H3;2-4H,9H2,1H3;3-4H,8H2,1-2H3;7*1-4H. The van der Waals surface area contributed by atoms with Crippen LogP contribution in [0.25, 0.3) is 31.3 Å². The molecule has 0 radical (unpaired) electrons. The minimum Gasteiger partial charge on any atom is -0.497 e. The summed E-state index contributed by atoms with van der Waals surface area (Å²) in [6.45, 7) is 41.7. The number of rotatable bonds is 13. The van der Waals surface area contributed by atoms with Crippen LogP contribution in [-0.4, -0.2) is 133 Å². The average molecular weight is 1990 g/mol. The molecule has 0 spiro atoms. The van der Waals surface area contributed by atoms with E-state index in [1.807, 2.05) is 128 Å². The van der Waals surface area contributed by atoms with Crippen LogP contribution >= 0.6 is 45.6 Å². The van der Waals surface area contributed by atoms with E-state index in [4.69, 9.17) is 142 Å². The van der Waals surface area contributed by atoms with Crippen LogP contribution in [-0.2, 0) is 0 Å². The van der Waals surface area contributed by atoms with Gasteiger partial charge in [-0.1, -0.05) is 89.5 Å². The van der Waals surface area contributed by atoms with Crippen LogP contribution in [0.4, 0.5) is 48.6 Å². The molecule has 0 saturated carbocycles. The van der Waals surface area contributed by atoms with Crippen molar-refractivity contribution in [2.75, 3.05) is 61.5 Å². The van der Waals surface area contributed by atoms with Crippen molar-refractivity contribution in [1.82, 2.24) is 24.9 Å². The second-order valence-corrected chi connectivity index (χ2v) is 33.3. The summed E-state index contributed by atoms with van der Waals surface area (Å²) in [4.78, 5) is 25.4. The summed E-state index contributed by atoms with van der Waals surface area (Å²) in [5.74, 6) is 1.15. The average Bonchev–Trinajstić information content (AvgIpc) is 1.70. The summed E-state index contributed by atoms with van der Waals surface area (Å²) in [6, 6.07) is 50.5. The third-order valence-electron chi connectivity index (χ3n) is 18.1. The zero-order chi connectivity index (χ0) is 108. The molecule has 748 valence electrons. The molecule has 0 aliphatic rings. The number of nitrogens with one attached hydrogen (secondary N) is 14. The number of aryl methyl sites for hydroxylation is 19. The zero-order valence-electron chi connectivity index (χ0n) is 84.5. The maximum atomic E-state index is 13.1. The molecule has 5 heterocycles. The molecule has 0 atom stereocenters. The molecule has 8 aromatic carbocycles. The lowest BCUT2D eigenvalue weighted by Gasteiger charge is -2.05. The Morgan fingerprint density at radius 1 is 0.286 bits per heavy atom. The van der Waals surface area contributed by atoms with Gasteiger partial charge in [0.1, 0.15) is 11.6 Å². The van der Waals surface area contributed by atoms with E-state index >= 15 is 0 Å². The predicted molar refractivity (Wildman–Crippen MR) is 601 cm³/mol. The van der Waals surface area contributed by atoms with Crippen LogP contribution in [0.1, 0.15) is 116 Å². The van der Waals surface area contributed by atoms with E-state index in [-0.39, 0.29) is 17.4 Å². The van der Waals surface area contributed by atoms with Crippen LogP contribution in [0.2, 0.25) is 5.02 Å². The van der Waals surface area contributed by atoms with Gasteiger partial charge in [-0.15, -0.1) is 34.0 Å². The van der Waals surface area contributed by atoms with Crippen molar-refractivity contribution >= 4 is 172 Å². The van der Waals surface area contributed by atoms with Crippen LogP contribution in [0, 0.1) is 233 Å². The minimum absolute atomic E-state index is 0.194. The Hall–Kier alpha value is -15.5. The maximum absolute atomic E-state index is 13.1. The van der Waals surface area contributed by atoms with Gasteiger partial charge in [0, 0.05) is 161 Å². The Morgan fingerprint density at radius 2 is 0.650 bits per heavy atom. The number of aromatic nitrogens is 5. The lowest BCUT2D eigenvalue weighted by atomic mass is 10.0. The van der Waals surface area contributed by atoms with Gasteiger partial charge >= 0.3 is 0 Å². The highest BCUT2D eigenvalue weighted by molar-refractivity contribution is 7.15. The van der Waals surface area contributed by atoms with E-state index in [1.165, 1.54) is 77.9 Å². The quantitative estimate of drug-likeness (QED) is 0.0377. The van der Waals surface area contributed by atoms with Gasteiger partial charge in [0.25, 0.3) is 0 Å². The largest absolute Gasteiger partial charge is 0.497 e. The normalized spacial score (nSPS) is 8.99. The maximum Gasteiger partial charge on any atom is 0.212 e.